The van der Waals surface area contributed by atoms with Crippen LogP contribution in [0.25, 0.3) is 0 Å². The van der Waals surface area contributed by atoms with Crippen LogP contribution < -0.4 is 5.32 Å². The van der Waals surface area contributed by atoms with Gasteiger partial charge in [0, 0.05) is 25.6 Å². The molecule has 0 spiro atoms. The summed E-state index contributed by atoms with van der Waals surface area (Å²) in [5, 5.41) is 3.19. The molecule has 7 heteroatoms. The van der Waals surface area contributed by atoms with E-state index in [-0.39, 0.29) is 42.6 Å². The monoisotopic (exact) mass is 503 g/mol. The maximum atomic E-state index is 13.5. The number of hydrogen-bond donors (Lipinski definition) is 1. The quantitative estimate of drug-likeness (QED) is 0.479. The Hall–Kier alpha value is -3.48. The molecular formula is C30H37N3O4. The smallest absolute Gasteiger partial charge is 0.261 e. The van der Waals surface area contributed by atoms with E-state index in [0.29, 0.717) is 30.5 Å². The second kappa shape index (κ2) is 12.2. The Bertz CT molecular complexity index is 1100. The highest BCUT2D eigenvalue weighted by atomic mass is 16.2. The van der Waals surface area contributed by atoms with Crippen LogP contribution in [-0.4, -0.2) is 52.1 Å². The zero-order valence-electron chi connectivity index (χ0n) is 21.9. The minimum atomic E-state index is -0.574. The van der Waals surface area contributed by atoms with E-state index in [2.05, 4.69) is 5.32 Å². The number of carbonyl (C=O) groups is 4. The van der Waals surface area contributed by atoms with Gasteiger partial charge in [-0.3, -0.25) is 24.1 Å². The predicted octanol–water partition coefficient (Wildman–Crippen LogP) is 4.63. The molecular weight excluding hydrogens is 466 g/mol. The van der Waals surface area contributed by atoms with Gasteiger partial charge in [0.2, 0.25) is 11.8 Å². The van der Waals surface area contributed by atoms with Crippen LogP contribution >= 0.6 is 0 Å². The van der Waals surface area contributed by atoms with E-state index in [4.69, 9.17) is 0 Å². The molecule has 0 bridgehead atoms. The van der Waals surface area contributed by atoms with Gasteiger partial charge in [0.1, 0.15) is 6.04 Å². The Kier molecular flexibility index (Phi) is 8.74. The van der Waals surface area contributed by atoms with Crippen LogP contribution in [0.5, 0.6) is 0 Å². The lowest BCUT2D eigenvalue weighted by Crippen LogP contribution is -2.51. The first-order chi connectivity index (χ1) is 17.9. The molecule has 1 fully saturated rings. The van der Waals surface area contributed by atoms with Gasteiger partial charge in [-0.1, -0.05) is 68.1 Å². The van der Waals surface area contributed by atoms with Crippen LogP contribution in [0.15, 0.2) is 48.5 Å². The molecule has 7 nitrogen and oxygen atoms in total. The van der Waals surface area contributed by atoms with Gasteiger partial charge in [0.05, 0.1) is 11.1 Å². The van der Waals surface area contributed by atoms with E-state index < -0.39 is 6.04 Å². The van der Waals surface area contributed by atoms with Crippen LogP contribution in [0.3, 0.4) is 0 Å². The van der Waals surface area contributed by atoms with Crippen molar-refractivity contribution in [2.45, 2.75) is 83.8 Å². The van der Waals surface area contributed by atoms with Crippen molar-refractivity contribution in [2.24, 2.45) is 0 Å². The van der Waals surface area contributed by atoms with Crippen molar-refractivity contribution < 1.29 is 19.2 Å². The lowest BCUT2D eigenvalue weighted by Gasteiger charge is -2.33. The zero-order chi connectivity index (χ0) is 26.4. The summed E-state index contributed by atoms with van der Waals surface area (Å²) < 4.78 is 0. The van der Waals surface area contributed by atoms with E-state index >= 15 is 0 Å². The fourth-order valence-corrected chi connectivity index (χ4v) is 5.33. The van der Waals surface area contributed by atoms with E-state index in [1.54, 1.807) is 29.2 Å². The Balaban J connectivity index is 1.43. The molecule has 196 valence electrons. The minimum absolute atomic E-state index is 0.102. The number of imide groups is 1. The predicted molar refractivity (Wildman–Crippen MR) is 142 cm³/mol. The Morgan fingerprint density at radius 3 is 2.19 bits per heavy atom. The van der Waals surface area contributed by atoms with E-state index in [1.165, 1.54) is 11.3 Å². The van der Waals surface area contributed by atoms with Gasteiger partial charge >= 0.3 is 0 Å². The number of nitrogens with zero attached hydrogens (tertiary/aromatic N) is 2. The third kappa shape index (κ3) is 6.27. The molecule has 2 aromatic carbocycles. The maximum Gasteiger partial charge on any atom is 0.261 e. The number of carbonyl (C=O) groups excluding carboxylic acids is 4. The molecule has 1 atom stereocenters. The minimum Gasteiger partial charge on any atom is -0.352 e. The molecule has 0 saturated heterocycles. The Labute approximate surface area is 219 Å². The highest BCUT2D eigenvalue weighted by Gasteiger charge is 2.35. The molecule has 4 amide bonds. The lowest BCUT2D eigenvalue weighted by molar-refractivity contribution is -0.142. The topological polar surface area (TPSA) is 86.8 Å². The van der Waals surface area contributed by atoms with Crippen molar-refractivity contribution >= 4 is 23.6 Å². The molecule has 2 aliphatic rings. The van der Waals surface area contributed by atoms with E-state index in [0.717, 1.165) is 36.8 Å². The second-order valence-electron chi connectivity index (χ2n) is 10.2. The number of amides is 4. The van der Waals surface area contributed by atoms with Gasteiger partial charge < -0.3 is 10.2 Å². The first-order valence-corrected chi connectivity index (χ1v) is 13.5. The van der Waals surface area contributed by atoms with Gasteiger partial charge in [-0.25, -0.2) is 0 Å². The summed E-state index contributed by atoms with van der Waals surface area (Å²) in [6, 6.07) is 14.4. The van der Waals surface area contributed by atoms with Crippen LogP contribution in [0.2, 0.25) is 0 Å². The molecule has 1 saturated carbocycles. The Morgan fingerprint density at radius 1 is 0.973 bits per heavy atom. The maximum absolute atomic E-state index is 13.5. The van der Waals surface area contributed by atoms with Gasteiger partial charge in [-0.2, -0.15) is 0 Å². The van der Waals surface area contributed by atoms with Crippen molar-refractivity contribution in [3.05, 3.63) is 70.8 Å². The molecule has 4 rings (SSSR count). The molecule has 1 aliphatic heterocycles. The first kappa shape index (κ1) is 26.6. The van der Waals surface area contributed by atoms with Gasteiger partial charge in [-0.05, 0) is 50.3 Å². The van der Waals surface area contributed by atoms with Crippen LogP contribution in [0.4, 0.5) is 0 Å². The fraction of sp³-hybridized carbons (Fsp3) is 0.467. The SMILES string of the molecule is CCC(C(=O)NC1CCCCC1)N(Cc1ccc(C)cc1)C(=O)CCCN1C(=O)c2ccccc2C1=O. The zero-order valence-corrected chi connectivity index (χ0v) is 21.9. The van der Waals surface area contributed by atoms with Gasteiger partial charge in [0.15, 0.2) is 0 Å². The summed E-state index contributed by atoms with van der Waals surface area (Å²) in [7, 11) is 0. The normalized spacial score (nSPS) is 16.4. The van der Waals surface area contributed by atoms with Crippen molar-refractivity contribution in [2.75, 3.05) is 6.54 Å². The third-order valence-corrected chi connectivity index (χ3v) is 7.46. The number of aryl methyl sites for hydroxylation is 1. The summed E-state index contributed by atoms with van der Waals surface area (Å²) in [5.41, 5.74) is 2.91. The van der Waals surface area contributed by atoms with E-state index in [9.17, 15) is 19.2 Å². The molecule has 1 heterocycles. The molecule has 1 unspecified atom stereocenters. The van der Waals surface area contributed by atoms with Crippen LogP contribution in [0, 0.1) is 6.92 Å². The van der Waals surface area contributed by atoms with Crippen molar-refractivity contribution in [1.82, 2.24) is 15.1 Å². The molecule has 0 radical (unpaired) electrons. The highest BCUT2D eigenvalue weighted by molar-refractivity contribution is 6.21. The number of fused-ring (bicyclic) bond motifs is 1. The summed E-state index contributed by atoms with van der Waals surface area (Å²) in [6.45, 7) is 4.45. The van der Waals surface area contributed by atoms with Crippen LogP contribution in [-0.2, 0) is 16.1 Å². The van der Waals surface area contributed by atoms with Crippen molar-refractivity contribution in [1.29, 1.82) is 0 Å². The number of benzene rings is 2. The second-order valence-corrected chi connectivity index (χ2v) is 10.2. The summed E-state index contributed by atoms with van der Waals surface area (Å²) in [4.78, 5) is 55.1. The third-order valence-electron chi connectivity index (χ3n) is 7.46. The fourth-order valence-electron chi connectivity index (χ4n) is 5.33. The number of hydrogen-bond acceptors (Lipinski definition) is 4. The molecule has 1 N–H and O–H groups in total. The molecule has 0 aromatic heterocycles. The largest absolute Gasteiger partial charge is 0.352 e. The van der Waals surface area contributed by atoms with E-state index in [1.807, 2.05) is 38.1 Å². The molecule has 37 heavy (non-hydrogen) atoms. The van der Waals surface area contributed by atoms with Gasteiger partial charge in [-0.15, -0.1) is 0 Å². The molecule has 2 aromatic rings. The number of rotatable bonds is 10. The van der Waals surface area contributed by atoms with Crippen molar-refractivity contribution in [3.8, 4) is 0 Å². The summed E-state index contributed by atoms with van der Waals surface area (Å²) in [5.74, 6) is -0.885. The van der Waals surface area contributed by atoms with Crippen LogP contribution in [0.1, 0.15) is 90.1 Å². The highest BCUT2D eigenvalue weighted by Crippen LogP contribution is 2.23. The first-order valence-electron chi connectivity index (χ1n) is 13.5. The average Bonchev–Trinajstić information content (AvgIpc) is 3.15. The summed E-state index contributed by atoms with van der Waals surface area (Å²) in [6.07, 6.45) is 6.39. The average molecular weight is 504 g/mol. The molecule has 1 aliphatic carbocycles. The van der Waals surface area contributed by atoms with Crippen molar-refractivity contribution in [3.63, 3.8) is 0 Å². The lowest BCUT2D eigenvalue weighted by atomic mass is 9.95. The van der Waals surface area contributed by atoms with Gasteiger partial charge in [0.25, 0.3) is 11.8 Å². The summed E-state index contributed by atoms with van der Waals surface area (Å²) >= 11 is 0. The Morgan fingerprint density at radius 2 is 1.59 bits per heavy atom. The standard InChI is InChI=1S/C30H37N3O4/c1-3-26(28(35)31-23-10-5-4-6-11-23)33(20-22-17-15-21(2)16-18-22)27(34)14-9-19-32-29(36)24-12-7-8-13-25(24)30(32)37/h7-8,12-13,15-18,23,26H,3-6,9-11,14,19-20H2,1-2H3,(H,31,35). The number of nitrogens with one attached hydrogen (secondary N) is 1.